The molecule has 0 amide bonds. The van der Waals surface area contributed by atoms with E-state index >= 15 is 0 Å². The Morgan fingerprint density at radius 2 is 1.62 bits per heavy atom. The van der Waals surface area contributed by atoms with Crippen molar-refractivity contribution < 1.29 is 0 Å². The fourth-order valence-corrected chi connectivity index (χ4v) is 11.3. The van der Waals surface area contributed by atoms with Gasteiger partial charge in [-0.25, -0.2) is 0 Å². The lowest BCUT2D eigenvalue weighted by atomic mass is 30.7. The molecule has 0 aliphatic carbocycles. The molecule has 0 bridgehead atoms. The Kier molecular flexibility index (Phi) is 10.7. The molecular formula is HS8+. The number of hydrogen-bond donors (Lipinski definition) is 0. The van der Waals surface area contributed by atoms with Gasteiger partial charge in [-0.2, -0.15) is 0 Å². The smallest absolute Gasteiger partial charge is 0.0000000000438 e. The SMILES string of the molecule is S=S=S=S=S=S=S=[SH+]. The van der Waals surface area contributed by atoms with Crippen molar-refractivity contribution in [2.24, 2.45) is 0 Å². The van der Waals surface area contributed by atoms with Crippen molar-refractivity contribution in [1.29, 1.82) is 0 Å². The highest BCUT2D eigenvalue weighted by Crippen LogP contribution is 1.33. The van der Waals surface area contributed by atoms with Crippen LogP contribution in [0, 0.1) is 0 Å². The van der Waals surface area contributed by atoms with E-state index in [0.717, 1.165) is 0 Å². The first kappa shape index (κ1) is 9.76. The maximum atomic E-state index is 4.61. The second-order valence-electron chi connectivity index (χ2n) is 0.415. The highest BCUT2D eigenvalue weighted by atomic mass is 33.4. The van der Waals surface area contributed by atoms with E-state index in [1.165, 1.54) is 17.8 Å². The Morgan fingerprint density at radius 1 is 1.00 bits per heavy atom. The largest absolute Gasteiger partial charge is 0.250 e. The number of thiol groups is 1. The summed E-state index contributed by atoms with van der Waals surface area (Å²) in [7, 11) is 9.35. The second kappa shape index (κ2) is 8.76. The van der Waals surface area contributed by atoms with Gasteiger partial charge in [0.15, 0.2) is 0 Å². The third-order valence-electron chi connectivity index (χ3n) is 0.142. The zero-order chi connectivity index (χ0) is 6.24. The van der Waals surface area contributed by atoms with Gasteiger partial charge in [0, 0.05) is 55.6 Å². The van der Waals surface area contributed by atoms with Crippen LogP contribution in [-0.4, -0.2) is 0 Å². The van der Waals surface area contributed by atoms with Crippen molar-refractivity contribution in [1.82, 2.24) is 0 Å². The third kappa shape index (κ3) is 7.76. The zero-order valence-electron chi connectivity index (χ0n) is 3.30. The van der Waals surface area contributed by atoms with Crippen molar-refractivity contribution >= 4 is 75.7 Å². The monoisotopic (exact) mass is 257 g/mol. The van der Waals surface area contributed by atoms with Gasteiger partial charge < -0.3 is 0 Å². The average Bonchev–Trinajstić information content (AvgIpc) is 1.81. The molecule has 0 aliphatic rings. The van der Waals surface area contributed by atoms with Gasteiger partial charge in [0.1, 0.15) is 0 Å². The molecule has 0 spiro atoms. The van der Waals surface area contributed by atoms with Crippen LogP contribution >= 0.6 is 0 Å². The fourth-order valence-electron chi connectivity index (χ4n) is 0.0464. The van der Waals surface area contributed by atoms with Crippen LogP contribution < -0.4 is 0 Å². The highest BCUT2D eigenvalue weighted by molar-refractivity contribution is 8.70. The van der Waals surface area contributed by atoms with Crippen LogP contribution in [0.4, 0.5) is 0 Å². The summed E-state index contributed by atoms with van der Waals surface area (Å²) in [5, 5.41) is 0. The Morgan fingerprint density at radius 3 is 2.12 bits per heavy atom. The van der Waals surface area contributed by atoms with Crippen molar-refractivity contribution in [2.75, 3.05) is 0 Å². The standard InChI is InChI=1S/S8/c1-3-5-7-8-6-4-2/p+1. The Labute approximate surface area is 74.6 Å². The first-order valence-corrected chi connectivity index (χ1v) is 10.6. The van der Waals surface area contributed by atoms with Gasteiger partial charge in [0.05, 0.1) is 0 Å². The van der Waals surface area contributed by atoms with Crippen molar-refractivity contribution in [3.63, 3.8) is 0 Å². The van der Waals surface area contributed by atoms with Crippen LogP contribution in [0.3, 0.4) is 0 Å². The summed E-state index contributed by atoms with van der Waals surface area (Å²) >= 11 is 8.54. The van der Waals surface area contributed by atoms with Gasteiger partial charge in [-0.15, -0.1) is 0 Å². The van der Waals surface area contributed by atoms with Gasteiger partial charge in [0.25, 0.3) is 0 Å². The lowest BCUT2D eigenvalue weighted by Crippen LogP contribution is -1.33. The average molecular weight is 258 g/mol. The summed E-state index contributed by atoms with van der Waals surface area (Å²) in [6.07, 6.45) is 0. The summed E-state index contributed by atoms with van der Waals surface area (Å²) in [5.41, 5.74) is 0. The molecule has 8 heavy (non-hydrogen) atoms. The number of hydrogen-bond acceptors (Lipinski definition) is 1. The van der Waals surface area contributed by atoms with E-state index in [-0.39, 0.29) is 0 Å². The van der Waals surface area contributed by atoms with Crippen molar-refractivity contribution in [3.8, 4) is 0 Å². The quantitative estimate of drug-likeness (QED) is 0.425. The minimum atomic E-state index is 1.35. The fraction of sp³-hybridized carbons (Fsp3) is 0. The molecule has 0 unspecified atom stereocenters. The Balaban J connectivity index is 5.06. The molecule has 0 nitrogen and oxygen atoms in total. The van der Waals surface area contributed by atoms with Crippen LogP contribution in [0.1, 0.15) is 0 Å². The first-order valence-electron chi connectivity index (χ1n) is 1.18. The molecule has 0 saturated heterocycles. The first-order chi connectivity index (χ1) is 3.91. The van der Waals surface area contributed by atoms with Crippen molar-refractivity contribution in [2.45, 2.75) is 0 Å². The van der Waals surface area contributed by atoms with Crippen molar-refractivity contribution in [3.05, 3.63) is 0 Å². The molecule has 0 aliphatic heterocycles. The lowest BCUT2D eigenvalue weighted by Gasteiger charge is -1.30. The maximum Gasteiger partial charge on any atom is 0.250 e. The minimum Gasteiger partial charge on any atom is 0.0000000000438 e. The maximum absolute atomic E-state index is 4.61. The molecule has 0 radical (unpaired) electrons. The van der Waals surface area contributed by atoms with E-state index < -0.39 is 0 Å². The van der Waals surface area contributed by atoms with E-state index in [1.54, 1.807) is 35.5 Å². The molecule has 0 fully saturated rings. The molecular weight excluding hydrogens is 257 g/mol. The van der Waals surface area contributed by atoms with Crippen LogP contribution in [-0.2, 0) is 75.7 Å². The number of rotatable bonds is 0. The van der Waals surface area contributed by atoms with E-state index in [9.17, 15) is 0 Å². The molecule has 8 heteroatoms. The van der Waals surface area contributed by atoms with E-state index in [0.29, 0.717) is 0 Å². The summed E-state index contributed by atoms with van der Waals surface area (Å²) in [6, 6.07) is 0. The second-order valence-corrected chi connectivity index (χ2v) is 11.2. The predicted molar refractivity (Wildman–Crippen MR) is 60.3 cm³/mol. The van der Waals surface area contributed by atoms with E-state index in [1.807, 2.05) is 0 Å². The van der Waals surface area contributed by atoms with Gasteiger partial charge >= 0.3 is 0 Å². The summed E-state index contributed by atoms with van der Waals surface area (Å²) in [6.45, 7) is 0. The molecule has 0 rings (SSSR count). The summed E-state index contributed by atoms with van der Waals surface area (Å²) in [4.78, 5) is 0. The molecule has 0 N–H and O–H groups in total. The van der Waals surface area contributed by atoms with E-state index in [2.05, 4.69) is 22.4 Å². The Hall–Kier alpha value is 1.76. The molecule has 0 atom stereocenters. The highest BCUT2D eigenvalue weighted by Gasteiger charge is 1.39. The van der Waals surface area contributed by atoms with E-state index in [4.69, 9.17) is 0 Å². The lowest BCUT2D eigenvalue weighted by molar-refractivity contribution is 6.04. The normalized spacial score (nSPS) is 6.50. The van der Waals surface area contributed by atoms with Gasteiger partial charge in [-0.3, -0.25) is 0 Å². The van der Waals surface area contributed by atoms with Crippen LogP contribution in [0.5, 0.6) is 0 Å². The van der Waals surface area contributed by atoms with Crippen LogP contribution in [0.15, 0.2) is 0 Å². The van der Waals surface area contributed by atoms with Gasteiger partial charge in [-0.05, 0) is 0 Å². The van der Waals surface area contributed by atoms with Gasteiger partial charge in [0.2, 0.25) is 20.1 Å². The predicted octanol–water partition coefficient (Wildman–Crippen LogP) is -0.287. The molecule has 0 aromatic carbocycles. The van der Waals surface area contributed by atoms with Crippen LogP contribution in [0.2, 0.25) is 0 Å². The molecule has 0 aromatic rings. The third-order valence-corrected chi connectivity index (χ3v) is 11.5. The minimum absolute atomic E-state index is 1.35. The summed E-state index contributed by atoms with van der Waals surface area (Å²) < 4.78 is 0. The topological polar surface area (TPSA) is 0 Å². The molecule has 0 saturated carbocycles. The zero-order valence-corrected chi connectivity index (χ0v) is 9.91. The van der Waals surface area contributed by atoms with Gasteiger partial charge in [-0.1, -0.05) is 0 Å². The molecule has 0 heterocycles. The molecule has 48 valence electrons. The Bertz CT molecular complexity index is 229. The van der Waals surface area contributed by atoms with Crippen LogP contribution in [0.25, 0.3) is 0 Å². The summed E-state index contributed by atoms with van der Waals surface area (Å²) in [5.74, 6) is 0. The molecule has 0 aromatic heterocycles.